The first kappa shape index (κ1) is 15.2. The number of imidazole rings is 1. The van der Waals surface area contributed by atoms with Crippen LogP contribution in [0.2, 0.25) is 0 Å². The highest BCUT2D eigenvalue weighted by Crippen LogP contribution is 2.19. The van der Waals surface area contributed by atoms with Gasteiger partial charge in [0.1, 0.15) is 5.82 Å². The number of nitro benzene ring substituents is 1. The molecule has 0 radical (unpaired) electrons. The summed E-state index contributed by atoms with van der Waals surface area (Å²) < 4.78 is 2.02. The van der Waals surface area contributed by atoms with Crippen molar-refractivity contribution in [3.05, 3.63) is 58.2 Å². The molecular formula is C15H20N4O2. The van der Waals surface area contributed by atoms with E-state index < -0.39 is 0 Å². The minimum atomic E-state index is -0.336. The molecule has 0 amide bonds. The molecule has 0 aliphatic heterocycles. The van der Waals surface area contributed by atoms with Gasteiger partial charge >= 0.3 is 0 Å². The summed E-state index contributed by atoms with van der Waals surface area (Å²) >= 11 is 0. The van der Waals surface area contributed by atoms with Gasteiger partial charge in [0.15, 0.2) is 0 Å². The molecular weight excluding hydrogens is 268 g/mol. The van der Waals surface area contributed by atoms with Gasteiger partial charge in [0, 0.05) is 43.0 Å². The topological polar surface area (TPSA) is 87.0 Å². The van der Waals surface area contributed by atoms with Gasteiger partial charge in [-0.25, -0.2) is 4.98 Å². The first-order valence-electron chi connectivity index (χ1n) is 7.09. The summed E-state index contributed by atoms with van der Waals surface area (Å²) in [7, 11) is 0. The monoisotopic (exact) mass is 288 g/mol. The van der Waals surface area contributed by atoms with Crippen LogP contribution in [0.3, 0.4) is 0 Å². The van der Waals surface area contributed by atoms with Crippen LogP contribution in [-0.4, -0.2) is 20.5 Å². The number of nitrogens with two attached hydrogens (primary N) is 1. The van der Waals surface area contributed by atoms with E-state index in [0.717, 1.165) is 24.2 Å². The van der Waals surface area contributed by atoms with Crippen LogP contribution in [0.4, 0.5) is 5.69 Å². The zero-order valence-corrected chi connectivity index (χ0v) is 12.1. The van der Waals surface area contributed by atoms with Crippen molar-refractivity contribution in [1.29, 1.82) is 0 Å². The molecule has 1 heterocycles. The van der Waals surface area contributed by atoms with Crippen molar-refractivity contribution >= 4 is 5.69 Å². The Labute approximate surface area is 123 Å². The third-order valence-electron chi connectivity index (χ3n) is 3.58. The van der Waals surface area contributed by atoms with Crippen molar-refractivity contribution in [3.63, 3.8) is 0 Å². The van der Waals surface area contributed by atoms with Crippen molar-refractivity contribution in [1.82, 2.24) is 9.55 Å². The quantitative estimate of drug-likeness (QED) is 0.625. The second-order valence-corrected chi connectivity index (χ2v) is 5.05. The maximum absolute atomic E-state index is 11.0. The van der Waals surface area contributed by atoms with Crippen LogP contribution in [0.1, 0.15) is 24.7 Å². The molecule has 0 aliphatic rings. The normalized spacial score (nSPS) is 12.3. The molecule has 2 rings (SSSR count). The number of para-hydroxylation sites is 1. The fourth-order valence-electron chi connectivity index (χ4n) is 2.25. The Morgan fingerprint density at radius 2 is 2.19 bits per heavy atom. The van der Waals surface area contributed by atoms with E-state index in [9.17, 15) is 10.1 Å². The summed E-state index contributed by atoms with van der Waals surface area (Å²) in [6.45, 7) is 2.71. The molecule has 1 atom stereocenters. The van der Waals surface area contributed by atoms with Crippen LogP contribution in [-0.2, 0) is 19.4 Å². The van der Waals surface area contributed by atoms with E-state index >= 15 is 0 Å². The van der Waals surface area contributed by atoms with Crippen LogP contribution in [0.15, 0.2) is 36.7 Å². The van der Waals surface area contributed by atoms with Crippen molar-refractivity contribution in [3.8, 4) is 0 Å². The second-order valence-electron chi connectivity index (χ2n) is 5.05. The average Bonchev–Trinajstić information content (AvgIpc) is 2.92. The molecule has 21 heavy (non-hydrogen) atoms. The molecule has 2 N–H and O–H groups in total. The van der Waals surface area contributed by atoms with Crippen molar-refractivity contribution in [2.24, 2.45) is 5.73 Å². The number of aromatic nitrogens is 2. The van der Waals surface area contributed by atoms with E-state index in [0.29, 0.717) is 13.0 Å². The number of nitro groups is 1. The van der Waals surface area contributed by atoms with Gasteiger partial charge in [0.2, 0.25) is 0 Å². The van der Waals surface area contributed by atoms with E-state index in [1.807, 2.05) is 23.8 Å². The van der Waals surface area contributed by atoms with Gasteiger partial charge in [-0.15, -0.1) is 0 Å². The maximum atomic E-state index is 11.0. The Morgan fingerprint density at radius 1 is 1.43 bits per heavy atom. The minimum absolute atomic E-state index is 0.0946. The molecule has 0 fully saturated rings. The smallest absolute Gasteiger partial charge is 0.272 e. The van der Waals surface area contributed by atoms with Gasteiger partial charge in [0.25, 0.3) is 5.69 Å². The van der Waals surface area contributed by atoms with Crippen LogP contribution in [0.25, 0.3) is 0 Å². The van der Waals surface area contributed by atoms with Gasteiger partial charge < -0.3 is 10.3 Å². The molecule has 0 saturated carbocycles. The third-order valence-corrected chi connectivity index (χ3v) is 3.58. The van der Waals surface area contributed by atoms with Gasteiger partial charge in [-0.1, -0.05) is 25.1 Å². The lowest BCUT2D eigenvalue weighted by Crippen LogP contribution is -2.23. The molecule has 0 saturated heterocycles. The summed E-state index contributed by atoms with van der Waals surface area (Å²) in [6.07, 6.45) is 5.86. The molecule has 1 aromatic heterocycles. The zero-order chi connectivity index (χ0) is 15.2. The third kappa shape index (κ3) is 3.88. The Hall–Kier alpha value is -2.21. The summed E-state index contributed by atoms with van der Waals surface area (Å²) in [4.78, 5) is 15.0. The van der Waals surface area contributed by atoms with Crippen LogP contribution in [0, 0.1) is 10.1 Å². The van der Waals surface area contributed by atoms with Crippen LogP contribution >= 0.6 is 0 Å². The standard InChI is InChI=1S/C15H20N4O2/c1-2-13(16)11-15-17-8-10-18(15)9-7-12-5-3-4-6-14(12)19(20)21/h3-6,8,10,13H,2,7,9,11,16H2,1H3. The average molecular weight is 288 g/mol. The first-order chi connectivity index (χ1) is 10.1. The second kappa shape index (κ2) is 6.99. The molecule has 0 spiro atoms. The largest absolute Gasteiger partial charge is 0.335 e. The SMILES string of the molecule is CCC(N)Cc1nccn1CCc1ccccc1[N+](=O)[O-]. The Morgan fingerprint density at radius 3 is 2.90 bits per heavy atom. The van der Waals surface area contributed by atoms with E-state index in [1.165, 1.54) is 6.07 Å². The number of hydrogen-bond acceptors (Lipinski definition) is 4. The van der Waals surface area contributed by atoms with E-state index in [1.54, 1.807) is 18.3 Å². The zero-order valence-electron chi connectivity index (χ0n) is 12.1. The highest BCUT2D eigenvalue weighted by Gasteiger charge is 2.13. The summed E-state index contributed by atoms with van der Waals surface area (Å²) in [5.41, 5.74) is 6.87. The highest BCUT2D eigenvalue weighted by molar-refractivity contribution is 5.39. The molecule has 2 aromatic rings. The Bertz CT molecular complexity index is 609. The lowest BCUT2D eigenvalue weighted by Gasteiger charge is -2.11. The van der Waals surface area contributed by atoms with Crippen molar-refractivity contribution in [2.75, 3.05) is 0 Å². The number of aryl methyl sites for hydroxylation is 2. The van der Waals surface area contributed by atoms with Crippen molar-refractivity contribution in [2.45, 2.75) is 38.8 Å². The number of rotatable bonds is 7. The number of benzene rings is 1. The van der Waals surface area contributed by atoms with E-state index in [-0.39, 0.29) is 16.7 Å². The van der Waals surface area contributed by atoms with Gasteiger partial charge in [-0.2, -0.15) is 0 Å². The van der Waals surface area contributed by atoms with Crippen LogP contribution < -0.4 is 5.73 Å². The van der Waals surface area contributed by atoms with E-state index in [2.05, 4.69) is 4.98 Å². The maximum Gasteiger partial charge on any atom is 0.272 e. The number of nitrogens with zero attached hydrogens (tertiary/aromatic N) is 3. The summed E-state index contributed by atoms with van der Waals surface area (Å²) in [6, 6.07) is 6.94. The van der Waals surface area contributed by atoms with Gasteiger partial charge in [-0.3, -0.25) is 10.1 Å². The fraction of sp³-hybridized carbons (Fsp3) is 0.400. The van der Waals surface area contributed by atoms with E-state index in [4.69, 9.17) is 5.73 Å². The lowest BCUT2D eigenvalue weighted by molar-refractivity contribution is -0.385. The van der Waals surface area contributed by atoms with Crippen LogP contribution in [0.5, 0.6) is 0 Å². The number of hydrogen-bond donors (Lipinski definition) is 1. The lowest BCUT2D eigenvalue weighted by atomic mass is 10.1. The molecule has 6 heteroatoms. The predicted molar refractivity (Wildman–Crippen MR) is 81.0 cm³/mol. The molecule has 1 aromatic carbocycles. The molecule has 0 aliphatic carbocycles. The highest BCUT2D eigenvalue weighted by atomic mass is 16.6. The summed E-state index contributed by atoms with van der Waals surface area (Å²) in [5.74, 6) is 0.933. The molecule has 1 unspecified atom stereocenters. The molecule has 112 valence electrons. The van der Waals surface area contributed by atoms with Crippen molar-refractivity contribution < 1.29 is 4.92 Å². The first-order valence-corrected chi connectivity index (χ1v) is 7.09. The molecule has 0 bridgehead atoms. The predicted octanol–water partition coefficient (Wildman–Crippen LogP) is 2.31. The fourth-order valence-corrected chi connectivity index (χ4v) is 2.25. The Kier molecular flexibility index (Phi) is 5.05. The molecule has 6 nitrogen and oxygen atoms in total. The summed E-state index contributed by atoms with van der Waals surface area (Å²) in [5, 5.41) is 11.0. The Balaban J connectivity index is 2.07. The van der Waals surface area contributed by atoms with Gasteiger partial charge in [0.05, 0.1) is 4.92 Å². The minimum Gasteiger partial charge on any atom is -0.335 e. The van der Waals surface area contributed by atoms with Gasteiger partial charge in [-0.05, 0) is 12.8 Å².